The van der Waals surface area contributed by atoms with Crippen molar-refractivity contribution >= 4 is 35.1 Å². The Morgan fingerprint density at radius 3 is 2.34 bits per heavy atom. The van der Waals surface area contributed by atoms with Crippen LogP contribution < -0.4 is 24.4 Å². The normalized spacial score (nSPS) is 10.7. The Balaban J connectivity index is 1.47. The fraction of sp³-hybridized carbons (Fsp3) is 0.133. The minimum absolute atomic E-state index is 0.00257. The predicted octanol–water partition coefficient (Wildman–Crippen LogP) is 6.70. The first-order valence-corrected chi connectivity index (χ1v) is 13.3. The SMILES string of the molecule is CCOc1cc(C(=O)N/N=C/c2cc(Cl)c(Oc3ccc([N+](=O)[O-])cc3[N+](=O)[O-])c(OC)c2)ccc1OCc1ccccc1. The third kappa shape index (κ3) is 7.77. The number of benzene rings is 4. The Hall–Kier alpha value is -5.69. The van der Waals surface area contributed by atoms with E-state index in [2.05, 4.69) is 10.5 Å². The van der Waals surface area contributed by atoms with Crippen LogP contribution in [0.1, 0.15) is 28.4 Å². The van der Waals surface area contributed by atoms with Gasteiger partial charge in [-0.3, -0.25) is 25.0 Å². The summed E-state index contributed by atoms with van der Waals surface area (Å²) in [5.74, 6) is 0.118. The Labute approximate surface area is 255 Å². The molecule has 0 aromatic heterocycles. The van der Waals surface area contributed by atoms with Crippen molar-refractivity contribution in [2.45, 2.75) is 13.5 Å². The number of rotatable bonds is 13. The fourth-order valence-corrected chi connectivity index (χ4v) is 4.13. The van der Waals surface area contributed by atoms with Gasteiger partial charge in [0.15, 0.2) is 23.0 Å². The summed E-state index contributed by atoms with van der Waals surface area (Å²) in [5.41, 5.74) is 2.98. The van der Waals surface area contributed by atoms with Gasteiger partial charge in [-0.15, -0.1) is 0 Å². The van der Waals surface area contributed by atoms with Gasteiger partial charge in [0.05, 0.1) is 40.9 Å². The van der Waals surface area contributed by atoms with E-state index in [0.717, 1.165) is 23.8 Å². The van der Waals surface area contributed by atoms with E-state index in [1.54, 1.807) is 18.2 Å². The van der Waals surface area contributed by atoms with E-state index in [-0.39, 0.29) is 27.8 Å². The van der Waals surface area contributed by atoms with Gasteiger partial charge in [-0.1, -0.05) is 41.9 Å². The molecule has 0 aliphatic carbocycles. The number of nitrogens with one attached hydrogen (secondary N) is 1. The minimum Gasteiger partial charge on any atom is -0.493 e. The average Bonchev–Trinajstić information content (AvgIpc) is 3.02. The quantitative estimate of drug-likeness (QED) is 0.0972. The number of nitro groups is 2. The molecule has 1 amide bonds. The topological polar surface area (TPSA) is 165 Å². The molecule has 0 bridgehead atoms. The molecule has 14 heteroatoms. The molecule has 0 atom stereocenters. The summed E-state index contributed by atoms with van der Waals surface area (Å²) in [7, 11) is 1.33. The number of nitrogens with zero attached hydrogens (tertiary/aromatic N) is 3. The van der Waals surface area contributed by atoms with Crippen molar-refractivity contribution in [3.05, 3.63) is 121 Å². The second kappa shape index (κ2) is 14.5. The maximum atomic E-state index is 12.8. The number of hydrogen-bond acceptors (Lipinski definition) is 10. The highest BCUT2D eigenvalue weighted by Gasteiger charge is 2.23. The molecule has 44 heavy (non-hydrogen) atoms. The molecule has 0 saturated carbocycles. The summed E-state index contributed by atoms with van der Waals surface area (Å²) < 4.78 is 22.5. The maximum Gasteiger partial charge on any atom is 0.318 e. The zero-order valence-corrected chi connectivity index (χ0v) is 24.1. The first-order chi connectivity index (χ1) is 21.2. The molecule has 0 aliphatic rings. The van der Waals surface area contributed by atoms with Gasteiger partial charge in [-0.05, 0) is 54.4 Å². The second-order valence-electron chi connectivity index (χ2n) is 8.87. The zero-order chi connectivity index (χ0) is 31.6. The predicted molar refractivity (Wildman–Crippen MR) is 161 cm³/mol. The van der Waals surface area contributed by atoms with Crippen LogP contribution in [0.25, 0.3) is 0 Å². The van der Waals surface area contributed by atoms with Gasteiger partial charge in [0, 0.05) is 11.6 Å². The molecule has 0 aliphatic heterocycles. The number of hydrogen-bond donors (Lipinski definition) is 1. The largest absolute Gasteiger partial charge is 0.493 e. The molecule has 4 rings (SSSR count). The van der Waals surface area contributed by atoms with Crippen LogP contribution in [0.4, 0.5) is 11.4 Å². The molecule has 0 unspecified atom stereocenters. The van der Waals surface area contributed by atoms with Gasteiger partial charge in [0.2, 0.25) is 5.75 Å². The number of ether oxygens (including phenoxy) is 4. The summed E-state index contributed by atoms with van der Waals surface area (Å²) >= 11 is 6.38. The van der Waals surface area contributed by atoms with Crippen LogP contribution in [0.15, 0.2) is 84.0 Å². The lowest BCUT2D eigenvalue weighted by Gasteiger charge is -2.13. The van der Waals surface area contributed by atoms with Crippen LogP contribution in [0, 0.1) is 20.2 Å². The van der Waals surface area contributed by atoms with Crippen molar-refractivity contribution in [3.63, 3.8) is 0 Å². The van der Waals surface area contributed by atoms with Crippen molar-refractivity contribution in [1.29, 1.82) is 0 Å². The fourth-order valence-electron chi connectivity index (χ4n) is 3.87. The zero-order valence-electron chi connectivity index (χ0n) is 23.4. The Morgan fingerprint density at radius 2 is 1.66 bits per heavy atom. The van der Waals surface area contributed by atoms with E-state index >= 15 is 0 Å². The van der Waals surface area contributed by atoms with Gasteiger partial charge in [0.25, 0.3) is 11.6 Å². The first kappa shape index (κ1) is 31.3. The van der Waals surface area contributed by atoms with Crippen LogP contribution in [0.3, 0.4) is 0 Å². The summed E-state index contributed by atoms with van der Waals surface area (Å²) in [6.07, 6.45) is 1.31. The molecule has 13 nitrogen and oxygen atoms in total. The van der Waals surface area contributed by atoms with Crippen LogP contribution in [0.2, 0.25) is 5.02 Å². The molecular formula is C30H25ClN4O9. The van der Waals surface area contributed by atoms with Crippen LogP contribution in [-0.2, 0) is 6.61 Å². The number of nitro benzene ring substituents is 2. The number of methoxy groups -OCH3 is 1. The first-order valence-electron chi connectivity index (χ1n) is 12.9. The standard InChI is InChI=1S/C30H25ClN4O9/c1-3-42-27-15-21(9-11-26(27)43-18-19-7-5-4-6-8-19)30(36)33-32-17-20-13-23(31)29(28(14-20)41-2)44-25-12-10-22(34(37)38)16-24(25)35(39)40/h4-17H,3,18H2,1-2H3,(H,33,36)/b32-17+. The molecule has 0 saturated heterocycles. The lowest BCUT2D eigenvalue weighted by Crippen LogP contribution is -2.17. The summed E-state index contributed by atoms with van der Waals surface area (Å²) in [6, 6.07) is 20.2. The van der Waals surface area contributed by atoms with Gasteiger partial charge in [0.1, 0.15) is 6.61 Å². The van der Waals surface area contributed by atoms with Crippen molar-refractivity contribution in [2.24, 2.45) is 5.10 Å². The third-order valence-electron chi connectivity index (χ3n) is 5.94. The summed E-state index contributed by atoms with van der Waals surface area (Å²) in [6.45, 7) is 2.52. The van der Waals surface area contributed by atoms with Gasteiger partial charge < -0.3 is 18.9 Å². The van der Waals surface area contributed by atoms with Crippen molar-refractivity contribution in [2.75, 3.05) is 13.7 Å². The molecule has 0 radical (unpaired) electrons. The monoisotopic (exact) mass is 620 g/mol. The van der Waals surface area contributed by atoms with Crippen molar-refractivity contribution in [1.82, 2.24) is 5.43 Å². The molecule has 4 aromatic rings. The lowest BCUT2D eigenvalue weighted by molar-refractivity contribution is -0.394. The van der Waals surface area contributed by atoms with E-state index in [1.165, 1.54) is 25.5 Å². The van der Waals surface area contributed by atoms with Crippen LogP contribution in [0.5, 0.6) is 28.7 Å². The summed E-state index contributed by atoms with van der Waals surface area (Å²) in [4.78, 5) is 33.7. The Kier molecular flexibility index (Phi) is 10.3. The highest BCUT2D eigenvalue weighted by molar-refractivity contribution is 6.32. The number of hydrazone groups is 1. The van der Waals surface area contributed by atoms with Crippen LogP contribution in [-0.4, -0.2) is 35.7 Å². The van der Waals surface area contributed by atoms with Gasteiger partial charge in [-0.25, -0.2) is 5.43 Å². The number of halogens is 1. The van der Waals surface area contributed by atoms with Crippen LogP contribution >= 0.6 is 11.6 Å². The molecule has 1 N–H and O–H groups in total. The van der Waals surface area contributed by atoms with Gasteiger partial charge >= 0.3 is 5.69 Å². The highest BCUT2D eigenvalue weighted by atomic mass is 35.5. The second-order valence-corrected chi connectivity index (χ2v) is 9.28. The molecule has 226 valence electrons. The molecular weight excluding hydrogens is 596 g/mol. The number of non-ortho nitro benzene ring substituents is 1. The van der Waals surface area contributed by atoms with E-state index in [9.17, 15) is 25.0 Å². The lowest BCUT2D eigenvalue weighted by atomic mass is 10.2. The highest BCUT2D eigenvalue weighted by Crippen LogP contribution is 2.42. The van der Waals surface area contributed by atoms with Gasteiger partial charge in [-0.2, -0.15) is 5.10 Å². The summed E-state index contributed by atoms with van der Waals surface area (Å²) in [5, 5.41) is 26.5. The van der Waals surface area contributed by atoms with E-state index in [1.807, 2.05) is 37.3 Å². The van der Waals surface area contributed by atoms with E-state index in [0.29, 0.717) is 30.3 Å². The smallest absolute Gasteiger partial charge is 0.318 e. The molecule has 0 heterocycles. The Bertz CT molecular complexity index is 1710. The van der Waals surface area contributed by atoms with Crippen molar-refractivity contribution < 1.29 is 33.6 Å². The number of amides is 1. The average molecular weight is 621 g/mol. The minimum atomic E-state index is -0.810. The number of carbonyl (C=O) groups is 1. The molecule has 4 aromatic carbocycles. The van der Waals surface area contributed by atoms with E-state index < -0.39 is 27.1 Å². The molecule has 0 fully saturated rings. The molecule has 0 spiro atoms. The third-order valence-corrected chi connectivity index (χ3v) is 6.22. The van der Waals surface area contributed by atoms with E-state index in [4.69, 9.17) is 30.5 Å². The Morgan fingerprint density at radius 1 is 0.909 bits per heavy atom. The maximum absolute atomic E-state index is 12.8. The van der Waals surface area contributed by atoms with Crippen molar-refractivity contribution in [3.8, 4) is 28.7 Å². The number of carbonyl (C=O) groups excluding carboxylic acids is 1.